The number of hydrogen-bond acceptors (Lipinski definition) is 5. The summed E-state index contributed by atoms with van der Waals surface area (Å²) < 4.78 is 1.66. The summed E-state index contributed by atoms with van der Waals surface area (Å²) in [5.41, 5.74) is 2.48. The number of fused-ring (bicyclic) bond motifs is 3. The van der Waals surface area contributed by atoms with E-state index in [1.54, 1.807) is 40.2 Å². The molecule has 0 fully saturated rings. The number of Topliss-reactive ketones (excluding diaryl/α,β-unsaturated/α-hetero) is 1. The van der Waals surface area contributed by atoms with Crippen LogP contribution in [0.1, 0.15) is 34.1 Å². The fraction of sp³-hybridized carbons (Fsp3) is 0.240. The third-order valence-electron chi connectivity index (χ3n) is 5.81. The molecular formula is C25H21ClN2O2S2. The Morgan fingerprint density at radius 3 is 2.69 bits per heavy atom. The highest BCUT2D eigenvalue weighted by Crippen LogP contribution is 2.37. The van der Waals surface area contributed by atoms with Crippen LogP contribution >= 0.6 is 34.7 Å². The first-order valence-corrected chi connectivity index (χ1v) is 12.7. The number of aryl methyl sites for hydroxylation is 1. The maximum Gasteiger partial charge on any atom is 0.267 e. The molecule has 2 aromatic heterocycles. The molecule has 0 bridgehead atoms. The number of halogens is 1. The van der Waals surface area contributed by atoms with Crippen LogP contribution in [0.25, 0.3) is 15.9 Å². The van der Waals surface area contributed by atoms with Gasteiger partial charge in [-0.15, -0.1) is 11.3 Å². The van der Waals surface area contributed by atoms with E-state index in [9.17, 15) is 9.59 Å². The number of hydrogen-bond donors (Lipinski definition) is 0. The van der Waals surface area contributed by atoms with Crippen molar-refractivity contribution in [3.63, 3.8) is 0 Å². The SMILES string of the molecule is CC1CCc2c(sc3nc(SCC(=O)c4ccc(Cl)cc4)n(-c4ccccc4)c(=O)c23)C1. The van der Waals surface area contributed by atoms with E-state index in [0.29, 0.717) is 21.7 Å². The standard InChI is InChI=1S/C25H21ClN2O2S2/c1-15-7-12-19-21(13-15)32-23-22(19)24(30)28(18-5-3-2-4-6-18)25(27-23)31-14-20(29)16-8-10-17(26)11-9-16/h2-6,8-11,15H,7,12-14H2,1H3. The van der Waals surface area contributed by atoms with Crippen molar-refractivity contribution in [3.8, 4) is 5.69 Å². The molecule has 0 saturated heterocycles. The Kier molecular flexibility index (Phi) is 5.93. The Bertz CT molecular complexity index is 1360. The summed E-state index contributed by atoms with van der Waals surface area (Å²) in [6, 6.07) is 16.4. The maximum absolute atomic E-state index is 13.7. The second kappa shape index (κ2) is 8.85. The van der Waals surface area contributed by atoms with Crippen molar-refractivity contribution in [2.75, 3.05) is 5.75 Å². The number of benzene rings is 2. The van der Waals surface area contributed by atoms with Crippen LogP contribution in [0.5, 0.6) is 0 Å². The Morgan fingerprint density at radius 1 is 1.19 bits per heavy atom. The summed E-state index contributed by atoms with van der Waals surface area (Å²) in [4.78, 5) is 33.4. The second-order valence-corrected chi connectivity index (χ2v) is 10.6. The number of nitrogens with zero attached hydrogens (tertiary/aromatic N) is 2. The first kappa shape index (κ1) is 21.4. The van der Waals surface area contributed by atoms with E-state index in [2.05, 4.69) is 6.92 Å². The minimum Gasteiger partial charge on any atom is -0.293 e. The van der Waals surface area contributed by atoms with Crippen molar-refractivity contribution in [1.29, 1.82) is 0 Å². The minimum absolute atomic E-state index is 0.0278. The fourth-order valence-corrected chi connectivity index (χ4v) is 6.58. The summed E-state index contributed by atoms with van der Waals surface area (Å²) in [7, 11) is 0. The number of ketones is 1. The second-order valence-electron chi connectivity index (χ2n) is 8.12. The van der Waals surface area contributed by atoms with Gasteiger partial charge >= 0.3 is 0 Å². The van der Waals surface area contributed by atoms with Crippen LogP contribution in [0.2, 0.25) is 5.02 Å². The Balaban J connectivity index is 1.58. The van der Waals surface area contributed by atoms with Gasteiger partial charge in [0.2, 0.25) is 0 Å². The predicted octanol–water partition coefficient (Wildman–Crippen LogP) is 6.20. The van der Waals surface area contributed by atoms with Crippen molar-refractivity contribution in [1.82, 2.24) is 9.55 Å². The number of carbonyl (C=O) groups excluding carboxylic acids is 1. The Morgan fingerprint density at radius 2 is 1.94 bits per heavy atom. The Labute approximate surface area is 199 Å². The van der Waals surface area contributed by atoms with Gasteiger partial charge in [0.15, 0.2) is 10.9 Å². The lowest BCUT2D eigenvalue weighted by Gasteiger charge is -2.17. The van der Waals surface area contributed by atoms with Crippen molar-refractivity contribution in [2.24, 2.45) is 5.92 Å². The number of aromatic nitrogens is 2. The molecule has 1 unspecified atom stereocenters. The van der Waals surface area contributed by atoms with Crippen molar-refractivity contribution >= 4 is 50.7 Å². The van der Waals surface area contributed by atoms with Gasteiger partial charge in [-0.05, 0) is 67.1 Å². The average Bonchev–Trinajstić information content (AvgIpc) is 3.16. The van der Waals surface area contributed by atoms with Crippen LogP contribution in [0.3, 0.4) is 0 Å². The molecule has 4 aromatic rings. The molecule has 5 rings (SSSR count). The van der Waals surface area contributed by atoms with E-state index in [1.165, 1.54) is 22.2 Å². The number of thiophene rings is 1. The van der Waals surface area contributed by atoms with Gasteiger partial charge in [0.1, 0.15) is 4.83 Å². The number of para-hydroxylation sites is 1. The van der Waals surface area contributed by atoms with Crippen molar-refractivity contribution in [3.05, 3.63) is 86.0 Å². The monoisotopic (exact) mass is 480 g/mol. The summed E-state index contributed by atoms with van der Waals surface area (Å²) in [5, 5.41) is 1.88. The van der Waals surface area contributed by atoms with E-state index < -0.39 is 0 Å². The molecule has 4 nitrogen and oxygen atoms in total. The van der Waals surface area contributed by atoms with Crippen LogP contribution < -0.4 is 5.56 Å². The van der Waals surface area contributed by atoms with Gasteiger partial charge in [0.05, 0.1) is 16.8 Å². The van der Waals surface area contributed by atoms with E-state index in [1.807, 2.05) is 30.3 Å². The van der Waals surface area contributed by atoms with Gasteiger partial charge in [-0.2, -0.15) is 0 Å². The molecule has 1 atom stereocenters. The fourth-order valence-electron chi connectivity index (χ4n) is 4.12. The van der Waals surface area contributed by atoms with Crippen LogP contribution in [0.15, 0.2) is 64.5 Å². The lowest BCUT2D eigenvalue weighted by Crippen LogP contribution is -2.23. The first-order valence-electron chi connectivity index (χ1n) is 10.6. The zero-order chi connectivity index (χ0) is 22.2. The van der Waals surface area contributed by atoms with Crippen molar-refractivity contribution < 1.29 is 4.79 Å². The molecule has 0 amide bonds. The van der Waals surface area contributed by atoms with Gasteiger partial charge in [-0.1, -0.05) is 48.5 Å². The molecule has 0 saturated carbocycles. The molecule has 0 radical (unpaired) electrons. The lowest BCUT2D eigenvalue weighted by molar-refractivity contribution is 0.102. The van der Waals surface area contributed by atoms with Crippen LogP contribution in [-0.4, -0.2) is 21.1 Å². The molecular weight excluding hydrogens is 460 g/mol. The van der Waals surface area contributed by atoms with Gasteiger partial charge in [-0.3, -0.25) is 14.2 Å². The summed E-state index contributed by atoms with van der Waals surface area (Å²) in [5.74, 6) is 0.784. The van der Waals surface area contributed by atoms with E-state index >= 15 is 0 Å². The smallest absolute Gasteiger partial charge is 0.267 e. The van der Waals surface area contributed by atoms with Crippen molar-refractivity contribution in [2.45, 2.75) is 31.3 Å². The highest BCUT2D eigenvalue weighted by Gasteiger charge is 2.25. The van der Waals surface area contributed by atoms with E-state index in [4.69, 9.17) is 16.6 Å². The number of rotatable bonds is 5. The first-order chi connectivity index (χ1) is 15.5. The molecule has 0 N–H and O–H groups in total. The zero-order valence-corrected chi connectivity index (χ0v) is 19.9. The minimum atomic E-state index is -0.0466. The Hall–Kier alpha value is -2.41. The lowest BCUT2D eigenvalue weighted by atomic mass is 9.89. The molecule has 2 aromatic carbocycles. The summed E-state index contributed by atoms with van der Waals surface area (Å²) in [6.07, 6.45) is 3.01. The summed E-state index contributed by atoms with van der Waals surface area (Å²) >= 11 is 8.87. The largest absolute Gasteiger partial charge is 0.293 e. The molecule has 1 aliphatic carbocycles. The van der Waals surface area contributed by atoms with E-state index in [0.717, 1.165) is 35.2 Å². The van der Waals surface area contributed by atoms with Crippen LogP contribution in [-0.2, 0) is 12.8 Å². The predicted molar refractivity (Wildman–Crippen MR) is 133 cm³/mol. The third kappa shape index (κ3) is 4.03. The van der Waals surface area contributed by atoms with Gasteiger partial charge in [0, 0.05) is 15.5 Å². The zero-order valence-electron chi connectivity index (χ0n) is 17.5. The number of thioether (sulfide) groups is 1. The molecule has 0 spiro atoms. The van der Waals surface area contributed by atoms with Gasteiger partial charge in [0.25, 0.3) is 5.56 Å². The highest BCUT2D eigenvalue weighted by atomic mass is 35.5. The van der Waals surface area contributed by atoms with Crippen LogP contribution in [0, 0.1) is 5.92 Å². The van der Waals surface area contributed by atoms with Crippen LogP contribution in [0.4, 0.5) is 0 Å². The van der Waals surface area contributed by atoms with Gasteiger partial charge in [-0.25, -0.2) is 4.98 Å². The highest BCUT2D eigenvalue weighted by molar-refractivity contribution is 7.99. The molecule has 32 heavy (non-hydrogen) atoms. The molecule has 0 aliphatic heterocycles. The quantitative estimate of drug-likeness (QED) is 0.194. The van der Waals surface area contributed by atoms with E-state index in [-0.39, 0.29) is 17.1 Å². The van der Waals surface area contributed by atoms with Gasteiger partial charge < -0.3 is 0 Å². The maximum atomic E-state index is 13.7. The summed E-state index contributed by atoms with van der Waals surface area (Å²) in [6.45, 7) is 2.26. The third-order valence-corrected chi connectivity index (χ3v) is 8.15. The topological polar surface area (TPSA) is 52.0 Å². The number of carbonyl (C=O) groups is 1. The molecule has 1 aliphatic rings. The molecule has 7 heteroatoms. The average molecular weight is 481 g/mol. The molecule has 2 heterocycles. The normalized spacial score (nSPS) is 15.6. The molecule has 162 valence electrons.